The van der Waals surface area contributed by atoms with Crippen LogP contribution < -0.4 is 5.19 Å². The lowest BCUT2D eigenvalue weighted by atomic mass is 9.81. The van der Waals surface area contributed by atoms with E-state index in [1.165, 1.54) is 49.7 Å². The number of benzene rings is 7. The number of hydrogen-bond acceptors (Lipinski definition) is 3. The first-order valence-electron chi connectivity index (χ1n) is 19.1. The summed E-state index contributed by atoms with van der Waals surface area (Å²) in [5, 5.41) is 1.49. The molecule has 0 spiro atoms. The molecule has 55 heavy (non-hydrogen) atoms. The molecular weight excluding hydrogens is 683 g/mol. The van der Waals surface area contributed by atoms with Crippen molar-refractivity contribution < 1.29 is 0 Å². The summed E-state index contributed by atoms with van der Waals surface area (Å²) in [4.78, 5) is 15.1. The molecule has 8 aromatic rings. The van der Waals surface area contributed by atoms with E-state index >= 15 is 0 Å². The van der Waals surface area contributed by atoms with Gasteiger partial charge in [-0.1, -0.05) is 190 Å². The van der Waals surface area contributed by atoms with Crippen LogP contribution in [0, 0.1) is 0 Å². The van der Waals surface area contributed by atoms with Crippen molar-refractivity contribution in [3.8, 4) is 78.7 Å². The van der Waals surface area contributed by atoms with Gasteiger partial charge >= 0.3 is 0 Å². The van der Waals surface area contributed by atoms with Gasteiger partial charge < -0.3 is 0 Å². The summed E-state index contributed by atoms with van der Waals surface area (Å²) in [6.07, 6.45) is 0. The maximum atomic E-state index is 5.08. The number of nitrogens with zero attached hydrogens (tertiary/aromatic N) is 3. The van der Waals surface area contributed by atoms with Crippen LogP contribution in [-0.2, 0) is 5.41 Å². The van der Waals surface area contributed by atoms with E-state index in [0.717, 1.165) is 27.8 Å². The number of fused-ring (bicyclic) bond motifs is 3. The number of hydrogen-bond donors (Lipinski definition) is 0. The summed E-state index contributed by atoms with van der Waals surface area (Å²) in [7, 11) is -1.42. The molecule has 0 amide bonds. The highest BCUT2D eigenvalue weighted by molar-refractivity contribution is 6.88. The highest BCUT2D eigenvalue weighted by Gasteiger charge is 2.36. The van der Waals surface area contributed by atoms with Gasteiger partial charge in [0.1, 0.15) is 0 Å². The van der Waals surface area contributed by atoms with Crippen LogP contribution in [0.25, 0.3) is 78.7 Å². The Bertz CT molecular complexity index is 2690. The fourth-order valence-corrected chi connectivity index (χ4v) is 9.08. The van der Waals surface area contributed by atoms with Crippen molar-refractivity contribution in [3.05, 3.63) is 181 Å². The first-order chi connectivity index (χ1) is 26.6. The van der Waals surface area contributed by atoms with E-state index < -0.39 is 8.07 Å². The molecule has 9 rings (SSSR count). The van der Waals surface area contributed by atoms with Crippen molar-refractivity contribution in [2.75, 3.05) is 0 Å². The summed E-state index contributed by atoms with van der Waals surface area (Å²) in [5.74, 6) is 1.96. The molecule has 266 valence electrons. The van der Waals surface area contributed by atoms with E-state index in [4.69, 9.17) is 15.0 Å². The molecule has 0 bridgehead atoms. The van der Waals surface area contributed by atoms with Crippen LogP contribution in [0.4, 0.5) is 0 Å². The fraction of sp³-hybridized carbons (Fsp3) is 0.118. The first kappa shape index (κ1) is 34.5. The van der Waals surface area contributed by atoms with Crippen molar-refractivity contribution in [1.82, 2.24) is 15.0 Å². The van der Waals surface area contributed by atoms with Crippen LogP contribution in [0.15, 0.2) is 170 Å². The van der Waals surface area contributed by atoms with Crippen LogP contribution in [-0.4, -0.2) is 23.0 Å². The van der Waals surface area contributed by atoms with Crippen LogP contribution in [0.1, 0.15) is 25.0 Å². The van der Waals surface area contributed by atoms with Crippen molar-refractivity contribution in [2.45, 2.75) is 38.9 Å². The molecule has 0 radical (unpaired) electrons. The van der Waals surface area contributed by atoms with Crippen LogP contribution in [0.2, 0.25) is 19.6 Å². The Kier molecular flexibility index (Phi) is 8.51. The summed E-state index contributed by atoms with van der Waals surface area (Å²) in [6.45, 7) is 12.0. The molecule has 3 nitrogen and oxygen atoms in total. The third kappa shape index (κ3) is 6.53. The molecule has 0 fully saturated rings. The lowest BCUT2D eigenvalue weighted by Gasteiger charge is -2.23. The van der Waals surface area contributed by atoms with E-state index in [0.29, 0.717) is 17.5 Å². The third-order valence-corrected chi connectivity index (χ3v) is 13.2. The van der Waals surface area contributed by atoms with E-state index in [9.17, 15) is 0 Å². The summed E-state index contributed by atoms with van der Waals surface area (Å²) >= 11 is 0. The summed E-state index contributed by atoms with van der Waals surface area (Å²) in [5.41, 5.74) is 15.3. The molecule has 4 heteroatoms. The quantitative estimate of drug-likeness (QED) is 0.154. The van der Waals surface area contributed by atoms with Crippen molar-refractivity contribution >= 4 is 13.3 Å². The van der Waals surface area contributed by atoms with Gasteiger partial charge in [0.25, 0.3) is 0 Å². The Morgan fingerprint density at radius 3 is 1.29 bits per heavy atom. The normalized spacial score (nSPS) is 13.0. The van der Waals surface area contributed by atoms with Crippen LogP contribution in [0.3, 0.4) is 0 Å². The highest BCUT2D eigenvalue weighted by atomic mass is 28.3. The standard InChI is InChI=1S/C51H43N3Si/c1-51(2)46-32-40(26-28-44(46)45-29-27-41(33-47(45)51)39-19-13-21-43(31-39)55(3,4)5)38-18-12-20-42(30-38)50-53-48(36-16-10-7-11-17-36)52-49(54-50)37-24-22-35(23-25-37)34-14-8-6-9-15-34/h6-33H,1-5H3. The van der Waals surface area contributed by atoms with Gasteiger partial charge in [0.2, 0.25) is 0 Å². The minimum absolute atomic E-state index is 0.144. The average molecular weight is 726 g/mol. The summed E-state index contributed by atoms with van der Waals surface area (Å²) < 4.78 is 0. The Morgan fingerprint density at radius 1 is 0.345 bits per heavy atom. The van der Waals surface area contributed by atoms with Gasteiger partial charge in [0.05, 0.1) is 8.07 Å². The lowest BCUT2D eigenvalue weighted by molar-refractivity contribution is 0.661. The Balaban J connectivity index is 1.07. The Hall–Kier alpha value is -6.23. The first-order valence-corrected chi connectivity index (χ1v) is 22.6. The third-order valence-electron chi connectivity index (χ3n) is 11.1. The zero-order chi connectivity index (χ0) is 37.7. The second-order valence-corrected chi connectivity index (χ2v) is 21.3. The van der Waals surface area contributed by atoms with E-state index in [-0.39, 0.29) is 5.41 Å². The van der Waals surface area contributed by atoms with E-state index in [1.54, 1.807) is 0 Å². The largest absolute Gasteiger partial charge is 0.208 e. The van der Waals surface area contributed by atoms with E-state index in [1.807, 2.05) is 24.3 Å². The van der Waals surface area contributed by atoms with Gasteiger partial charge in [0, 0.05) is 22.1 Å². The van der Waals surface area contributed by atoms with Gasteiger partial charge in [-0.3, -0.25) is 0 Å². The Morgan fingerprint density at radius 2 is 0.727 bits per heavy atom. The number of rotatable bonds is 7. The topological polar surface area (TPSA) is 38.7 Å². The predicted octanol–water partition coefficient (Wildman–Crippen LogP) is 12.7. The smallest absolute Gasteiger partial charge is 0.164 e. The average Bonchev–Trinajstić information content (AvgIpc) is 3.46. The molecule has 1 aliphatic rings. The fourth-order valence-electron chi connectivity index (χ4n) is 7.89. The molecular formula is C51H43N3Si. The molecule has 0 saturated heterocycles. The van der Waals surface area contributed by atoms with Gasteiger partial charge in [-0.15, -0.1) is 0 Å². The highest BCUT2D eigenvalue weighted by Crippen LogP contribution is 2.50. The molecule has 0 unspecified atom stereocenters. The second-order valence-electron chi connectivity index (χ2n) is 16.2. The van der Waals surface area contributed by atoms with Gasteiger partial charge in [-0.25, -0.2) is 15.0 Å². The minimum atomic E-state index is -1.42. The molecule has 0 atom stereocenters. The van der Waals surface area contributed by atoms with Crippen LogP contribution in [0.5, 0.6) is 0 Å². The van der Waals surface area contributed by atoms with Gasteiger partial charge in [-0.2, -0.15) is 0 Å². The SMILES string of the molecule is CC1(C)c2cc(-c3cccc(-c4nc(-c5ccccc5)nc(-c5ccc(-c6ccccc6)cc5)n4)c3)ccc2-c2ccc(-c3cccc([Si](C)(C)C)c3)cc21. The van der Waals surface area contributed by atoms with E-state index in [2.05, 4.69) is 179 Å². The monoisotopic (exact) mass is 725 g/mol. The zero-order valence-corrected chi connectivity index (χ0v) is 33.0. The van der Waals surface area contributed by atoms with Crippen molar-refractivity contribution in [3.63, 3.8) is 0 Å². The predicted molar refractivity (Wildman–Crippen MR) is 233 cm³/mol. The molecule has 1 aliphatic carbocycles. The number of aromatic nitrogens is 3. The molecule has 0 N–H and O–H groups in total. The van der Waals surface area contributed by atoms with Crippen molar-refractivity contribution in [2.24, 2.45) is 0 Å². The second kappa shape index (κ2) is 13.6. The Labute approximate surface area is 325 Å². The lowest BCUT2D eigenvalue weighted by Crippen LogP contribution is -2.37. The van der Waals surface area contributed by atoms with Crippen LogP contribution >= 0.6 is 0 Å². The minimum Gasteiger partial charge on any atom is -0.208 e. The van der Waals surface area contributed by atoms with Gasteiger partial charge in [-0.05, 0) is 73.8 Å². The zero-order valence-electron chi connectivity index (χ0n) is 32.0. The maximum absolute atomic E-state index is 5.08. The molecule has 1 heterocycles. The van der Waals surface area contributed by atoms with Gasteiger partial charge in [0.15, 0.2) is 17.5 Å². The molecule has 0 saturated carbocycles. The summed E-state index contributed by atoms with van der Waals surface area (Å²) in [6, 6.07) is 60.9. The van der Waals surface area contributed by atoms with Crippen molar-refractivity contribution in [1.29, 1.82) is 0 Å². The molecule has 0 aliphatic heterocycles. The molecule has 7 aromatic carbocycles. The molecule has 1 aromatic heterocycles. The maximum Gasteiger partial charge on any atom is 0.164 e.